The summed E-state index contributed by atoms with van der Waals surface area (Å²) in [7, 11) is 1.54. The van der Waals surface area contributed by atoms with Crippen LogP contribution < -0.4 is 15.8 Å². The molecule has 0 spiro atoms. The van der Waals surface area contributed by atoms with Crippen LogP contribution in [0.15, 0.2) is 18.2 Å². The van der Waals surface area contributed by atoms with Crippen molar-refractivity contribution in [3.8, 4) is 5.75 Å². The molecule has 5 nitrogen and oxygen atoms in total. The lowest BCUT2D eigenvalue weighted by atomic mass is 10.0. The number of nitrogens with two attached hydrogens (primary N) is 1. The van der Waals surface area contributed by atoms with Gasteiger partial charge in [0.05, 0.1) is 13.5 Å². The summed E-state index contributed by atoms with van der Waals surface area (Å²) in [5.74, 6) is 0.705. The zero-order valence-corrected chi connectivity index (χ0v) is 12.2. The fraction of sp³-hybridized carbons (Fsp3) is 0.467. The maximum absolute atomic E-state index is 11.9. The van der Waals surface area contributed by atoms with Gasteiger partial charge < -0.3 is 15.8 Å². The Morgan fingerprint density at radius 1 is 1.40 bits per heavy atom. The van der Waals surface area contributed by atoms with E-state index < -0.39 is 0 Å². The molecule has 1 rings (SSSR count). The Kier molecular flexibility index (Phi) is 6.18. The second kappa shape index (κ2) is 7.65. The number of hydrogen-bond acceptors (Lipinski definition) is 4. The van der Waals surface area contributed by atoms with E-state index in [1.807, 2.05) is 6.92 Å². The van der Waals surface area contributed by atoms with E-state index in [1.54, 1.807) is 25.3 Å². The van der Waals surface area contributed by atoms with Crippen LogP contribution in [0.2, 0.25) is 0 Å². The zero-order valence-electron chi connectivity index (χ0n) is 12.2. The van der Waals surface area contributed by atoms with E-state index in [2.05, 4.69) is 5.32 Å². The molecule has 1 amide bonds. The Morgan fingerprint density at radius 3 is 2.65 bits per heavy atom. The number of rotatable bonds is 7. The molecule has 1 aromatic rings. The third kappa shape index (κ3) is 4.66. The van der Waals surface area contributed by atoms with Crippen LogP contribution in [0.4, 0.5) is 0 Å². The number of nitrogens with one attached hydrogen (secondary N) is 1. The van der Waals surface area contributed by atoms with Gasteiger partial charge in [0.2, 0.25) is 5.91 Å². The van der Waals surface area contributed by atoms with Gasteiger partial charge in [-0.25, -0.2) is 0 Å². The molecule has 0 aliphatic heterocycles. The topological polar surface area (TPSA) is 81.4 Å². The summed E-state index contributed by atoms with van der Waals surface area (Å²) < 4.78 is 5.22. The minimum atomic E-state index is -0.107. The zero-order chi connectivity index (χ0) is 15.1. The lowest BCUT2D eigenvalue weighted by Gasteiger charge is -2.12. The van der Waals surface area contributed by atoms with Crippen molar-refractivity contribution in [1.29, 1.82) is 0 Å². The summed E-state index contributed by atoms with van der Waals surface area (Å²) in [6.45, 7) is 4.54. The number of amides is 1. The Morgan fingerprint density at radius 2 is 2.10 bits per heavy atom. The van der Waals surface area contributed by atoms with Crippen molar-refractivity contribution in [2.24, 2.45) is 11.7 Å². The molecule has 1 unspecified atom stereocenters. The van der Waals surface area contributed by atoms with Crippen molar-refractivity contribution in [3.63, 3.8) is 0 Å². The first-order valence-electron chi connectivity index (χ1n) is 6.62. The van der Waals surface area contributed by atoms with E-state index in [0.29, 0.717) is 30.0 Å². The molecule has 0 saturated carbocycles. The number of Topliss-reactive ketones (excluding diaryl/α,β-unsaturated/α-hetero) is 1. The second-order valence-electron chi connectivity index (χ2n) is 4.90. The number of carbonyl (C=O) groups is 2. The van der Waals surface area contributed by atoms with E-state index in [0.717, 1.165) is 0 Å². The van der Waals surface area contributed by atoms with Crippen molar-refractivity contribution >= 4 is 11.7 Å². The van der Waals surface area contributed by atoms with E-state index in [-0.39, 0.29) is 24.0 Å². The molecule has 0 aromatic heterocycles. The molecule has 1 atom stereocenters. The van der Waals surface area contributed by atoms with Crippen LogP contribution in [-0.4, -0.2) is 31.9 Å². The third-order valence-electron chi connectivity index (χ3n) is 3.09. The summed E-state index contributed by atoms with van der Waals surface area (Å²) in [6.07, 6.45) is 0.182. The number of carbonyl (C=O) groups excluding carboxylic acids is 2. The molecular formula is C15H22N2O3. The molecule has 5 heteroatoms. The normalized spacial score (nSPS) is 11.8. The van der Waals surface area contributed by atoms with Gasteiger partial charge in [-0.15, -0.1) is 0 Å². The van der Waals surface area contributed by atoms with Crippen molar-refractivity contribution in [2.45, 2.75) is 20.3 Å². The number of methoxy groups -OCH3 is 1. The van der Waals surface area contributed by atoms with E-state index in [4.69, 9.17) is 10.5 Å². The molecule has 0 saturated heterocycles. The summed E-state index contributed by atoms with van der Waals surface area (Å²) in [5.41, 5.74) is 6.78. The highest BCUT2D eigenvalue weighted by Gasteiger charge is 2.12. The van der Waals surface area contributed by atoms with Gasteiger partial charge in [0, 0.05) is 17.7 Å². The highest BCUT2D eigenvalue weighted by atomic mass is 16.5. The van der Waals surface area contributed by atoms with Crippen molar-refractivity contribution in [2.75, 3.05) is 20.2 Å². The molecule has 0 bridgehead atoms. The summed E-state index contributed by atoms with van der Waals surface area (Å²) in [4.78, 5) is 23.3. The van der Waals surface area contributed by atoms with Crippen LogP contribution in [-0.2, 0) is 11.2 Å². The van der Waals surface area contributed by atoms with Gasteiger partial charge in [-0.1, -0.05) is 6.92 Å². The predicted octanol–water partition coefficient (Wildman–Crippen LogP) is 1.15. The summed E-state index contributed by atoms with van der Waals surface area (Å²) in [5, 5.41) is 2.82. The molecule has 0 aliphatic rings. The molecule has 20 heavy (non-hydrogen) atoms. The summed E-state index contributed by atoms with van der Waals surface area (Å²) in [6, 6.07) is 5.11. The van der Waals surface area contributed by atoms with Crippen LogP contribution >= 0.6 is 0 Å². The third-order valence-corrected chi connectivity index (χ3v) is 3.09. The predicted molar refractivity (Wildman–Crippen MR) is 77.9 cm³/mol. The van der Waals surface area contributed by atoms with E-state index in [1.165, 1.54) is 6.92 Å². The first-order chi connectivity index (χ1) is 9.47. The first kappa shape index (κ1) is 16.2. The maximum Gasteiger partial charge on any atom is 0.224 e. The van der Waals surface area contributed by atoms with E-state index in [9.17, 15) is 9.59 Å². The quantitative estimate of drug-likeness (QED) is 0.733. The van der Waals surface area contributed by atoms with Gasteiger partial charge in [0.1, 0.15) is 5.75 Å². The molecule has 0 aliphatic carbocycles. The smallest absolute Gasteiger partial charge is 0.224 e. The minimum absolute atomic E-state index is 0.0361. The molecule has 0 fully saturated rings. The Bertz CT molecular complexity index is 486. The SMILES string of the molecule is COc1ccc(C(C)=O)cc1CC(=O)NCC(C)CN. The van der Waals surface area contributed by atoms with Crippen molar-refractivity contribution in [3.05, 3.63) is 29.3 Å². The standard InChI is InChI=1S/C15H22N2O3/c1-10(8-16)9-17-15(19)7-13-6-12(11(2)18)4-5-14(13)20-3/h4-6,10H,7-9,16H2,1-3H3,(H,17,19). The van der Waals surface area contributed by atoms with Gasteiger partial charge >= 0.3 is 0 Å². The second-order valence-corrected chi connectivity index (χ2v) is 4.90. The average Bonchev–Trinajstić information content (AvgIpc) is 2.44. The number of ether oxygens (including phenoxy) is 1. The average molecular weight is 278 g/mol. The van der Waals surface area contributed by atoms with Crippen LogP contribution in [0, 0.1) is 5.92 Å². The molecular weight excluding hydrogens is 256 g/mol. The Hall–Kier alpha value is -1.88. The first-order valence-corrected chi connectivity index (χ1v) is 6.62. The number of benzene rings is 1. The fourth-order valence-corrected chi connectivity index (χ4v) is 1.74. The number of ketones is 1. The van der Waals surface area contributed by atoms with Gasteiger partial charge in [-0.3, -0.25) is 9.59 Å². The molecule has 3 N–H and O–H groups in total. The molecule has 1 aromatic carbocycles. The highest BCUT2D eigenvalue weighted by molar-refractivity contribution is 5.94. The molecule has 110 valence electrons. The van der Waals surface area contributed by atoms with Crippen LogP contribution in [0.5, 0.6) is 5.75 Å². The monoisotopic (exact) mass is 278 g/mol. The van der Waals surface area contributed by atoms with Crippen LogP contribution in [0.1, 0.15) is 29.8 Å². The van der Waals surface area contributed by atoms with Crippen molar-refractivity contribution < 1.29 is 14.3 Å². The maximum atomic E-state index is 11.9. The van der Waals surface area contributed by atoms with Gasteiger partial charge in [0.25, 0.3) is 0 Å². The largest absolute Gasteiger partial charge is 0.496 e. The minimum Gasteiger partial charge on any atom is -0.496 e. The Labute approximate surface area is 119 Å². The van der Waals surface area contributed by atoms with Gasteiger partial charge in [0.15, 0.2) is 5.78 Å². The van der Waals surface area contributed by atoms with Gasteiger partial charge in [-0.2, -0.15) is 0 Å². The summed E-state index contributed by atoms with van der Waals surface area (Å²) >= 11 is 0. The lowest BCUT2D eigenvalue weighted by Crippen LogP contribution is -2.32. The molecule has 0 radical (unpaired) electrons. The Balaban J connectivity index is 2.76. The van der Waals surface area contributed by atoms with Gasteiger partial charge in [-0.05, 0) is 37.6 Å². The molecule has 0 heterocycles. The van der Waals surface area contributed by atoms with E-state index >= 15 is 0 Å². The number of hydrogen-bond donors (Lipinski definition) is 2. The van der Waals surface area contributed by atoms with Crippen LogP contribution in [0.3, 0.4) is 0 Å². The highest BCUT2D eigenvalue weighted by Crippen LogP contribution is 2.20. The van der Waals surface area contributed by atoms with Crippen molar-refractivity contribution in [1.82, 2.24) is 5.32 Å². The lowest BCUT2D eigenvalue weighted by molar-refractivity contribution is -0.120. The van der Waals surface area contributed by atoms with Crippen LogP contribution in [0.25, 0.3) is 0 Å². The fourth-order valence-electron chi connectivity index (χ4n) is 1.74.